The maximum absolute atomic E-state index is 4.14. The Morgan fingerprint density at radius 1 is 1.05 bits per heavy atom. The second-order valence-electron chi connectivity index (χ2n) is 5.16. The van der Waals surface area contributed by atoms with Gasteiger partial charge in [-0.25, -0.2) is 0 Å². The van der Waals surface area contributed by atoms with Crippen molar-refractivity contribution in [2.75, 3.05) is 0 Å². The van der Waals surface area contributed by atoms with Gasteiger partial charge < -0.3 is 0 Å². The van der Waals surface area contributed by atoms with Crippen LogP contribution in [0.2, 0.25) is 0 Å². The SMILES string of the molecule is C=C(C)C1(c2ccc(CCCC)cc2)CC1.CC.CC. The van der Waals surface area contributed by atoms with E-state index in [0.29, 0.717) is 5.41 Å². The smallest absolute Gasteiger partial charge is 0.0157 e. The summed E-state index contributed by atoms with van der Waals surface area (Å²) in [7, 11) is 0. The first-order valence-electron chi connectivity index (χ1n) is 8.44. The number of unbranched alkanes of at least 4 members (excludes halogenated alkanes) is 1. The second-order valence-corrected chi connectivity index (χ2v) is 5.16. The highest BCUT2D eigenvalue weighted by Crippen LogP contribution is 2.53. The van der Waals surface area contributed by atoms with Crippen LogP contribution in [0.3, 0.4) is 0 Å². The minimum absolute atomic E-state index is 0.337. The molecule has 0 spiro atoms. The molecule has 1 aromatic rings. The molecule has 0 nitrogen and oxygen atoms in total. The van der Waals surface area contributed by atoms with Crippen LogP contribution in [0.25, 0.3) is 0 Å². The van der Waals surface area contributed by atoms with Crippen LogP contribution in [-0.4, -0.2) is 0 Å². The summed E-state index contributed by atoms with van der Waals surface area (Å²) < 4.78 is 0. The molecule has 1 fully saturated rings. The minimum Gasteiger partial charge on any atom is -0.0992 e. The zero-order valence-electron chi connectivity index (χ0n) is 14.6. The van der Waals surface area contributed by atoms with E-state index >= 15 is 0 Å². The fraction of sp³-hybridized carbons (Fsp3) is 0.600. The van der Waals surface area contributed by atoms with E-state index in [1.807, 2.05) is 27.7 Å². The molecule has 1 aliphatic rings. The third kappa shape index (κ3) is 4.81. The van der Waals surface area contributed by atoms with Crippen LogP contribution >= 0.6 is 0 Å². The second kappa shape index (κ2) is 9.80. The molecule has 0 saturated heterocycles. The van der Waals surface area contributed by atoms with Gasteiger partial charge in [-0.2, -0.15) is 0 Å². The number of hydrogen-bond donors (Lipinski definition) is 0. The summed E-state index contributed by atoms with van der Waals surface area (Å²) >= 11 is 0. The van der Waals surface area contributed by atoms with Crippen molar-refractivity contribution < 1.29 is 0 Å². The normalized spacial score (nSPS) is 14.3. The van der Waals surface area contributed by atoms with Gasteiger partial charge in [0, 0.05) is 5.41 Å². The van der Waals surface area contributed by atoms with Gasteiger partial charge in [-0.1, -0.05) is 77.5 Å². The third-order valence-electron chi connectivity index (χ3n) is 3.89. The van der Waals surface area contributed by atoms with Crippen molar-refractivity contribution in [2.45, 2.75) is 79.1 Å². The minimum atomic E-state index is 0.337. The molecular formula is C20H34. The molecule has 1 aliphatic carbocycles. The van der Waals surface area contributed by atoms with Crippen LogP contribution < -0.4 is 0 Å². The highest BCUT2D eigenvalue weighted by atomic mass is 14.5. The first-order valence-corrected chi connectivity index (χ1v) is 8.44. The Labute approximate surface area is 127 Å². The maximum atomic E-state index is 4.14. The number of allylic oxidation sites excluding steroid dienone is 1. The van der Waals surface area contributed by atoms with Gasteiger partial charge in [0.25, 0.3) is 0 Å². The fourth-order valence-corrected chi connectivity index (χ4v) is 2.46. The topological polar surface area (TPSA) is 0 Å². The molecule has 0 unspecified atom stereocenters. The van der Waals surface area contributed by atoms with Crippen LogP contribution in [-0.2, 0) is 11.8 Å². The predicted octanol–water partition coefficient (Wildman–Crippen LogP) is 6.69. The molecule has 0 aromatic heterocycles. The van der Waals surface area contributed by atoms with Crippen molar-refractivity contribution in [2.24, 2.45) is 0 Å². The molecule has 1 aromatic carbocycles. The third-order valence-corrected chi connectivity index (χ3v) is 3.89. The van der Waals surface area contributed by atoms with Crippen molar-refractivity contribution in [1.82, 2.24) is 0 Å². The molecule has 0 aliphatic heterocycles. The van der Waals surface area contributed by atoms with Gasteiger partial charge in [-0.15, -0.1) is 0 Å². The summed E-state index contributed by atoms with van der Waals surface area (Å²) in [6.45, 7) is 16.5. The fourth-order valence-electron chi connectivity index (χ4n) is 2.46. The van der Waals surface area contributed by atoms with Crippen molar-refractivity contribution in [3.63, 3.8) is 0 Å². The Bertz CT molecular complexity index is 366. The Morgan fingerprint density at radius 2 is 1.55 bits per heavy atom. The lowest BCUT2D eigenvalue weighted by Crippen LogP contribution is -2.07. The van der Waals surface area contributed by atoms with Crippen molar-refractivity contribution >= 4 is 0 Å². The lowest BCUT2D eigenvalue weighted by Gasteiger charge is -2.16. The molecular weight excluding hydrogens is 240 g/mol. The van der Waals surface area contributed by atoms with E-state index < -0.39 is 0 Å². The van der Waals surface area contributed by atoms with E-state index in [9.17, 15) is 0 Å². The first kappa shape index (κ1) is 19.0. The Hall–Kier alpha value is -1.04. The maximum Gasteiger partial charge on any atom is 0.0157 e. The van der Waals surface area contributed by atoms with E-state index in [-0.39, 0.29) is 0 Å². The van der Waals surface area contributed by atoms with E-state index in [1.165, 1.54) is 48.8 Å². The Balaban J connectivity index is 0.000000829. The monoisotopic (exact) mass is 274 g/mol. The highest BCUT2D eigenvalue weighted by molar-refractivity contribution is 5.41. The predicted molar refractivity (Wildman–Crippen MR) is 93.5 cm³/mol. The lowest BCUT2D eigenvalue weighted by molar-refractivity contribution is 0.790. The van der Waals surface area contributed by atoms with Gasteiger partial charge >= 0.3 is 0 Å². The van der Waals surface area contributed by atoms with Crippen LogP contribution in [0, 0.1) is 0 Å². The highest BCUT2D eigenvalue weighted by Gasteiger charge is 2.44. The van der Waals surface area contributed by atoms with E-state index in [4.69, 9.17) is 0 Å². The molecule has 0 N–H and O–H groups in total. The van der Waals surface area contributed by atoms with E-state index in [2.05, 4.69) is 44.7 Å². The van der Waals surface area contributed by atoms with Gasteiger partial charge in [-0.05, 0) is 43.7 Å². The van der Waals surface area contributed by atoms with E-state index in [1.54, 1.807) is 0 Å². The molecule has 0 heteroatoms. The van der Waals surface area contributed by atoms with E-state index in [0.717, 1.165) is 0 Å². The number of hydrogen-bond acceptors (Lipinski definition) is 0. The van der Waals surface area contributed by atoms with Gasteiger partial charge in [0.1, 0.15) is 0 Å². The quantitative estimate of drug-likeness (QED) is 0.525. The summed E-state index contributed by atoms with van der Waals surface area (Å²) in [4.78, 5) is 0. The van der Waals surface area contributed by atoms with Crippen molar-refractivity contribution in [3.8, 4) is 0 Å². The molecule has 0 amide bonds. The molecule has 0 atom stereocenters. The number of benzene rings is 1. The van der Waals surface area contributed by atoms with Crippen LogP contribution in [0.15, 0.2) is 36.4 Å². The average molecular weight is 274 g/mol. The molecule has 0 radical (unpaired) electrons. The van der Waals surface area contributed by atoms with Crippen LogP contribution in [0.4, 0.5) is 0 Å². The summed E-state index contributed by atoms with van der Waals surface area (Å²) in [6.07, 6.45) is 6.37. The standard InChI is InChI=1S/C16H22.2C2H6/c1-4-5-6-14-7-9-15(10-8-14)16(11-12-16)13(2)3;2*1-2/h7-10H,2,4-6,11-12H2,1,3H3;2*1-2H3. The van der Waals surface area contributed by atoms with Crippen LogP contribution in [0.5, 0.6) is 0 Å². The Morgan fingerprint density at radius 3 is 1.90 bits per heavy atom. The lowest BCUT2D eigenvalue weighted by atomic mass is 9.89. The van der Waals surface area contributed by atoms with Gasteiger partial charge in [0.05, 0.1) is 0 Å². The molecule has 20 heavy (non-hydrogen) atoms. The van der Waals surface area contributed by atoms with Gasteiger partial charge in [0.15, 0.2) is 0 Å². The zero-order chi connectivity index (χ0) is 15.6. The molecule has 114 valence electrons. The van der Waals surface area contributed by atoms with Gasteiger partial charge in [-0.3, -0.25) is 0 Å². The summed E-state index contributed by atoms with van der Waals surface area (Å²) in [5, 5.41) is 0. The average Bonchev–Trinajstić information content (AvgIpc) is 3.32. The molecule has 0 heterocycles. The summed E-state index contributed by atoms with van der Waals surface area (Å²) in [5.41, 5.74) is 4.61. The largest absolute Gasteiger partial charge is 0.0992 e. The van der Waals surface area contributed by atoms with Gasteiger partial charge in [0.2, 0.25) is 0 Å². The number of rotatable bonds is 5. The number of aryl methyl sites for hydroxylation is 1. The zero-order valence-corrected chi connectivity index (χ0v) is 14.6. The van der Waals surface area contributed by atoms with Crippen LogP contribution in [0.1, 0.15) is 78.4 Å². The Kier molecular flexibility index (Phi) is 9.29. The summed E-state index contributed by atoms with van der Waals surface area (Å²) in [5.74, 6) is 0. The summed E-state index contributed by atoms with van der Waals surface area (Å²) in [6, 6.07) is 9.22. The molecule has 0 bridgehead atoms. The molecule has 1 saturated carbocycles. The van der Waals surface area contributed by atoms with Crippen molar-refractivity contribution in [1.29, 1.82) is 0 Å². The van der Waals surface area contributed by atoms with Crippen molar-refractivity contribution in [3.05, 3.63) is 47.5 Å². The first-order chi connectivity index (χ1) is 9.69. The molecule has 2 rings (SSSR count).